The first kappa shape index (κ1) is 23.4. The van der Waals surface area contributed by atoms with Crippen LogP contribution in [-0.2, 0) is 25.0 Å². The minimum atomic E-state index is -3.80. The van der Waals surface area contributed by atoms with Crippen LogP contribution in [0.2, 0.25) is 0 Å². The van der Waals surface area contributed by atoms with Crippen LogP contribution in [0.5, 0.6) is 0 Å². The highest BCUT2D eigenvalue weighted by atomic mass is 32.2. The van der Waals surface area contributed by atoms with Crippen LogP contribution in [0.25, 0.3) is 0 Å². The quantitative estimate of drug-likeness (QED) is 0.741. The minimum Gasteiger partial charge on any atom is -0.326 e. The molecule has 1 atom stereocenters. The molecule has 176 valence electrons. The summed E-state index contributed by atoms with van der Waals surface area (Å²) in [6.07, 6.45) is 1.25. The van der Waals surface area contributed by atoms with Crippen LogP contribution >= 0.6 is 0 Å². The molecule has 2 aliphatic rings. The van der Waals surface area contributed by atoms with Crippen molar-refractivity contribution in [1.82, 2.24) is 4.31 Å². The van der Waals surface area contributed by atoms with Crippen LogP contribution in [-0.4, -0.2) is 44.7 Å². The smallest absolute Gasteiger partial charge is 0.243 e. The van der Waals surface area contributed by atoms with Crippen molar-refractivity contribution in [3.63, 3.8) is 0 Å². The molecule has 8 heteroatoms. The Morgan fingerprint density at radius 1 is 1.09 bits per heavy atom. The predicted molar refractivity (Wildman–Crippen MR) is 129 cm³/mol. The maximum Gasteiger partial charge on any atom is 0.243 e. The zero-order chi connectivity index (χ0) is 24.1. The molecule has 0 bridgehead atoms. The Bertz CT molecular complexity index is 1240. The fraction of sp³-hybridized carbons (Fsp3) is 0.440. The van der Waals surface area contributed by atoms with E-state index in [-0.39, 0.29) is 23.3 Å². The van der Waals surface area contributed by atoms with E-state index in [0.717, 1.165) is 22.5 Å². The summed E-state index contributed by atoms with van der Waals surface area (Å²) < 4.78 is 28.3. The Morgan fingerprint density at radius 2 is 1.82 bits per heavy atom. The molecule has 0 aliphatic carbocycles. The molecule has 1 fully saturated rings. The lowest BCUT2D eigenvalue weighted by Crippen LogP contribution is -2.43. The molecule has 2 aromatic carbocycles. The highest BCUT2D eigenvalue weighted by molar-refractivity contribution is 7.89. The molecular weight excluding hydrogens is 438 g/mol. The third kappa shape index (κ3) is 4.06. The maximum atomic E-state index is 13.5. The SMILES string of the molecule is Cc1ccc(NC(=O)[C@H]2CCCN(S(=O)(=O)c3ccc4c(c3)C(C)(C)C(=O)N4C)C2)cc1C. The lowest BCUT2D eigenvalue weighted by atomic mass is 9.86. The van der Waals surface area contributed by atoms with Gasteiger partial charge in [-0.15, -0.1) is 0 Å². The van der Waals surface area contributed by atoms with Gasteiger partial charge in [-0.25, -0.2) is 8.42 Å². The van der Waals surface area contributed by atoms with Gasteiger partial charge < -0.3 is 10.2 Å². The van der Waals surface area contributed by atoms with E-state index in [1.807, 2.05) is 45.9 Å². The monoisotopic (exact) mass is 469 g/mol. The zero-order valence-corrected chi connectivity index (χ0v) is 20.6. The van der Waals surface area contributed by atoms with Crippen molar-refractivity contribution in [2.45, 2.75) is 50.8 Å². The molecule has 0 spiro atoms. The van der Waals surface area contributed by atoms with Gasteiger partial charge in [-0.05, 0) is 87.6 Å². The van der Waals surface area contributed by atoms with Gasteiger partial charge in [-0.3, -0.25) is 9.59 Å². The number of carbonyl (C=O) groups is 2. The molecule has 0 radical (unpaired) electrons. The fourth-order valence-electron chi connectivity index (χ4n) is 4.70. The second kappa shape index (κ2) is 8.25. The van der Waals surface area contributed by atoms with Gasteiger partial charge in [0.25, 0.3) is 0 Å². The van der Waals surface area contributed by atoms with Crippen molar-refractivity contribution < 1.29 is 18.0 Å². The molecule has 1 saturated heterocycles. The normalized spacial score (nSPS) is 20.6. The molecule has 2 heterocycles. The summed E-state index contributed by atoms with van der Waals surface area (Å²) in [5, 5.41) is 2.94. The van der Waals surface area contributed by atoms with Gasteiger partial charge in [-0.2, -0.15) is 4.31 Å². The van der Waals surface area contributed by atoms with E-state index in [1.54, 1.807) is 30.1 Å². The molecule has 2 aromatic rings. The number of nitrogens with one attached hydrogen (secondary N) is 1. The second-order valence-electron chi connectivity index (χ2n) is 9.66. The van der Waals surface area contributed by atoms with Crippen LogP contribution in [0.3, 0.4) is 0 Å². The van der Waals surface area contributed by atoms with Crippen LogP contribution in [0.1, 0.15) is 43.4 Å². The van der Waals surface area contributed by atoms with Crippen LogP contribution < -0.4 is 10.2 Å². The number of benzene rings is 2. The number of sulfonamides is 1. The average Bonchev–Trinajstić information content (AvgIpc) is 2.96. The van der Waals surface area contributed by atoms with Crippen molar-refractivity contribution in [2.24, 2.45) is 5.92 Å². The number of nitrogens with zero attached hydrogens (tertiary/aromatic N) is 2. The second-order valence-corrected chi connectivity index (χ2v) is 11.6. The number of aryl methyl sites for hydroxylation is 2. The van der Waals surface area contributed by atoms with Gasteiger partial charge in [0.05, 0.1) is 16.2 Å². The molecule has 33 heavy (non-hydrogen) atoms. The highest BCUT2D eigenvalue weighted by Gasteiger charge is 2.43. The predicted octanol–water partition coefficient (Wildman–Crippen LogP) is 3.60. The number of hydrogen-bond acceptors (Lipinski definition) is 4. The molecule has 0 saturated carbocycles. The first-order valence-corrected chi connectivity index (χ1v) is 12.7. The van der Waals surface area contributed by atoms with Crippen LogP contribution in [0.4, 0.5) is 11.4 Å². The van der Waals surface area contributed by atoms with E-state index in [0.29, 0.717) is 24.9 Å². The van der Waals surface area contributed by atoms with Crippen molar-refractivity contribution in [3.05, 3.63) is 53.1 Å². The Hall–Kier alpha value is -2.71. The lowest BCUT2D eigenvalue weighted by molar-refractivity contribution is -0.122. The Labute approximate surface area is 195 Å². The third-order valence-electron chi connectivity index (χ3n) is 7.01. The van der Waals surface area contributed by atoms with Crippen molar-refractivity contribution >= 4 is 33.2 Å². The number of amides is 2. The number of fused-ring (bicyclic) bond motifs is 1. The van der Waals surface area contributed by atoms with E-state index >= 15 is 0 Å². The van der Waals surface area contributed by atoms with Crippen LogP contribution in [0, 0.1) is 19.8 Å². The van der Waals surface area contributed by atoms with E-state index in [2.05, 4.69) is 5.32 Å². The van der Waals surface area contributed by atoms with E-state index < -0.39 is 21.4 Å². The maximum absolute atomic E-state index is 13.5. The topological polar surface area (TPSA) is 86.8 Å². The summed E-state index contributed by atoms with van der Waals surface area (Å²) in [5.74, 6) is -0.651. The molecule has 1 N–H and O–H groups in total. The average molecular weight is 470 g/mol. The van der Waals surface area contributed by atoms with E-state index in [4.69, 9.17) is 0 Å². The third-order valence-corrected chi connectivity index (χ3v) is 8.87. The summed E-state index contributed by atoms with van der Waals surface area (Å²) in [6.45, 7) is 8.12. The zero-order valence-electron chi connectivity index (χ0n) is 19.8. The first-order valence-electron chi connectivity index (χ1n) is 11.2. The summed E-state index contributed by atoms with van der Waals surface area (Å²) in [7, 11) is -2.10. The minimum absolute atomic E-state index is 0.0619. The fourth-order valence-corrected chi connectivity index (χ4v) is 6.25. The summed E-state index contributed by atoms with van der Waals surface area (Å²) in [5.41, 5.74) is 3.60. The van der Waals surface area contributed by atoms with Crippen molar-refractivity contribution in [2.75, 3.05) is 30.4 Å². The summed E-state index contributed by atoms with van der Waals surface area (Å²) >= 11 is 0. The number of anilines is 2. The number of likely N-dealkylation sites (N-methyl/N-ethyl adjacent to an activating group) is 1. The summed E-state index contributed by atoms with van der Waals surface area (Å²) in [6, 6.07) is 10.6. The molecule has 2 aliphatic heterocycles. The molecule has 0 aromatic heterocycles. The highest BCUT2D eigenvalue weighted by Crippen LogP contribution is 2.42. The standard InChI is InChI=1S/C25H31N3O4S/c1-16-8-9-19(13-17(16)2)26-23(29)18-7-6-12-28(15-18)33(31,32)20-10-11-22-21(14-20)25(3,4)24(30)27(22)5/h8-11,13-14,18H,6-7,12,15H2,1-5H3,(H,26,29)/t18-/m0/s1. The molecule has 2 amide bonds. The summed E-state index contributed by atoms with van der Waals surface area (Å²) in [4.78, 5) is 27.2. The number of rotatable bonds is 4. The van der Waals surface area contributed by atoms with Crippen molar-refractivity contribution in [3.8, 4) is 0 Å². The molecule has 4 rings (SSSR count). The number of hydrogen-bond donors (Lipinski definition) is 1. The van der Waals surface area contributed by atoms with Gasteiger partial charge in [0, 0.05) is 31.5 Å². The largest absolute Gasteiger partial charge is 0.326 e. The van der Waals surface area contributed by atoms with Gasteiger partial charge in [0.15, 0.2) is 0 Å². The van der Waals surface area contributed by atoms with Gasteiger partial charge in [0.2, 0.25) is 21.8 Å². The molecule has 0 unspecified atom stereocenters. The van der Waals surface area contributed by atoms with E-state index in [9.17, 15) is 18.0 Å². The Kier molecular flexibility index (Phi) is 5.87. The van der Waals surface area contributed by atoms with Gasteiger partial charge in [-0.1, -0.05) is 6.07 Å². The Morgan fingerprint density at radius 3 is 2.52 bits per heavy atom. The van der Waals surface area contributed by atoms with E-state index in [1.165, 1.54) is 4.31 Å². The number of piperidine rings is 1. The molecular formula is C25H31N3O4S. The van der Waals surface area contributed by atoms with Crippen LogP contribution in [0.15, 0.2) is 41.3 Å². The first-order chi connectivity index (χ1) is 15.4. The number of carbonyl (C=O) groups excluding carboxylic acids is 2. The molecule has 7 nitrogen and oxygen atoms in total. The van der Waals surface area contributed by atoms with Crippen molar-refractivity contribution in [1.29, 1.82) is 0 Å². The van der Waals surface area contributed by atoms with Gasteiger partial charge >= 0.3 is 0 Å². The van der Waals surface area contributed by atoms with Gasteiger partial charge in [0.1, 0.15) is 0 Å². The lowest BCUT2D eigenvalue weighted by Gasteiger charge is -2.31. The Balaban J connectivity index is 1.54.